The van der Waals surface area contributed by atoms with E-state index in [9.17, 15) is 9.18 Å². The number of fused-ring (bicyclic) bond motifs is 1. The maximum Gasteiger partial charge on any atom is 0.328 e. The molecule has 0 amide bonds. The molecule has 0 atom stereocenters. The molecule has 2 aromatic heterocycles. The van der Waals surface area contributed by atoms with E-state index in [0.29, 0.717) is 22.7 Å². The predicted molar refractivity (Wildman–Crippen MR) is 138 cm³/mol. The molecule has 182 valence electrons. The van der Waals surface area contributed by atoms with Gasteiger partial charge in [-0.1, -0.05) is 36.8 Å². The minimum atomic E-state index is -0.996. The molecule has 2 aromatic carbocycles. The summed E-state index contributed by atoms with van der Waals surface area (Å²) in [5, 5.41) is 15.9. The molecule has 1 aliphatic rings. The van der Waals surface area contributed by atoms with Gasteiger partial charge in [0, 0.05) is 17.8 Å². The molecule has 1 saturated carbocycles. The van der Waals surface area contributed by atoms with Crippen LogP contribution in [0.15, 0.2) is 60.8 Å². The van der Waals surface area contributed by atoms with Crippen molar-refractivity contribution in [2.75, 3.05) is 7.11 Å². The number of benzene rings is 2. The number of hydrogen-bond acceptors (Lipinski definition) is 4. The fraction of sp³-hybridized carbons (Fsp3) is 0.207. The Hall–Kier alpha value is -4.26. The van der Waals surface area contributed by atoms with Crippen LogP contribution in [-0.2, 0) is 4.79 Å². The van der Waals surface area contributed by atoms with Crippen LogP contribution in [0.1, 0.15) is 47.1 Å². The largest absolute Gasteiger partial charge is 0.481 e. The first-order valence-corrected chi connectivity index (χ1v) is 11.9. The first-order valence-electron chi connectivity index (χ1n) is 11.9. The van der Waals surface area contributed by atoms with Gasteiger partial charge in [0.15, 0.2) is 0 Å². The molecule has 1 fully saturated rings. The fourth-order valence-electron chi connectivity index (χ4n) is 4.81. The molecule has 0 unspecified atom stereocenters. The second-order valence-corrected chi connectivity index (χ2v) is 8.97. The number of pyridine rings is 1. The van der Waals surface area contributed by atoms with Crippen LogP contribution in [0.25, 0.3) is 28.1 Å². The van der Waals surface area contributed by atoms with Gasteiger partial charge in [-0.3, -0.25) is 5.10 Å². The zero-order valence-corrected chi connectivity index (χ0v) is 20.1. The Morgan fingerprint density at radius 3 is 2.56 bits per heavy atom. The van der Waals surface area contributed by atoms with E-state index in [1.807, 2.05) is 55.5 Å². The van der Waals surface area contributed by atoms with Gasteiger partial charge in [0.1, 0.15) is 0 Å². The van der Waals surface area contributed by atoms with Crippen LogP contribution in [0.4, 0.5) is 4.39 Å². The van der Waals surface area contributed by atoms with Gasteiger partial charge >= 0.3 is 5.97 Å². The van der Waals surface area contributed by atoms with Crippen molar-refractivity contribution in [3.63, 3.8) is 0 Å². The van der Waals surface area contributed by atoms with Gasteiger partial charge in [-0.05, 0) is 83.4 Å². The molecule has 2 heterocycles. The third kappa shape index (κ3) is 4.40. The Labute approximate surface area is 208 Å². The summed E-state index contributed by atoms with van der Waals surface area (Å²) in [7, 11) is 1.62. The number of allylic oxidation sites excluding steroid dienone is 1. The lowest BCUT2D eigenvalue weighted by atomic mass is 9.72. The number of nitrogens with zero attached hydrogens (tertiary/aromatic N) is 2. The molecule has 4 aromatic rings. The van der Waals surface area contributed by atoms with Crippen molar-refractivity contribution < 1.29 is 19.0 Å². The van der Waals surface area contributed by atoms with E-state index in [0.717, 1.165) is 58.7 Å². The smallest absolute Gasteiger partial charge is 0.328 e. The Balaban J connectivity index is 1.78. The number of rotatable bonds is 7. The van der Waals surface area contributed by atoms with Crippen molar-refractivity contribution in [3.8, 4) is 5.88 Å². The normalized spacial score (nSPS) is 14.6. The highest BCUT2D eigenvalue weighted by Gasteiger charge is 2.29. The van der Waals surface area contributed by atoms with Crippen molar-refractivity contribution in [1.29, 1.82) is 0 Å². The summed E-state index contributed by atoms with van der Waals surface area (Å²) < 4.78 is 20.0. The lowest BCUT2D eigenvalue weighted by molar-refractivity contribution is -0.131. The maximum absolute atomic E-state index is 14.5. The third-order valence-corrected chi connectivity index (χ3v) is 6.84. The lowest BCUT2D eigenvalue weighted by Crippen LogP contribution is -2.16. The highest BCUT2D eigenvalue weighted by atomic mass is 19.1. The van der Waals surface area contributed by atoms with Crippen molar-refractivity contribution in [1.82, 2.24) is 15.2 Å². The van der Waals surface area contributed by atoms with Crippen molar-refractivity contribution in [2.45, 2.75) is 26.2 Å². The Kier molecular flexibility index (Phi) is 6.38. The van der Waals surface area contributed by atoms with E-state index in [4.69, 9.17) is 9.84 Å². The molecule has 2 N–H and O–H groups in total. The van der Waals surface area contributed by atoms with Gasteiger partial charge < -0.3 is 9.84 Å². The van der Waals surface area contributed by atoms with Crippen LogP contribution >= 0.6 is 0 Å². The monoisotopic (exact) mass is 483 g/mol. The molecular weight excluding hydrogens is 457 g/mol. The van der Waals surface area contributed by atoms with Crippen LogP contribution in [-0.4, -0.2) is 33.4 Å². The topological polar surface area (TPSA) is 88.1 Å². The number of carbonyl (C=O) groups is 1. The van der Waals surface area contributed by atoms with Crippen LogP contribution in [0.5, 0.6) is 5.88 Å². The van der Waals surface area contributed by atoms with Crippen LogP contribution in [0, 0.1) is 18.8 Å². The van der Waals surface area contributed by atoms with Gasteiger partial charge in [-0.25, -0.2) is 9.78 Å². The van der Waals surface area contributed by atoms with Gasteiger partial charge in [-0.2, -0.15) is 9.49 Å². The summed E-state index contributed by atoms with van der Waals surface area (Å²) in [5.74, 6) is -0.548. The van der Waals surface area contributed by atoms with E-state index in [-0.39, 0.29) is 0 Å². The average Bonchev–Trinajstić information content (AvgIpc) is 3.22. The molecule has 0 radical (unpaired) electrons. The van der Waals surface area contributed by atoms with Crippen LogP contribution in [0.2, 0.25) is 0 Å². The fourth-order valence-corrected chi connectivity index (χ4v) is 4.81. The van der Waals surface area contributed by atoms with Crippen molar-refractivity contribution in [3.05, 3.63) is 94.6 Å². The number of halogens is 1. The summed E-state index contributed by atoms with van der Waals surface area (Å²) in [4.78, 5) is 15.3. The number of aromatic amines is 1. The second kappa shape index (κ2) is 9.77. The highest BCUT2D eigenvalue weighted by Crippen LogP contribution is 2.46. The average molecular weight is 484 g/mol. The number of aliphatic carboxylic acids is 1. The van der Waals surface area contributed by atoms with Gasteiger partial charge in [0.2, 0.25) is 11.8 Å². The first-order chi connectivity index (χ1) is 17.5. The quantitative estimate of drug-likeness (QED) is 0.303. The molecular formula is C29H26FN3O3. The Morgan fingerprint density at radius 2 is 1.89 bits per heavy atom. The molecule has 6 nitrogen and oxygen atoms in total. The van der Waals surface area contributed by atoms with E-state index in [1.165, 1.54) is 5.57 Å². The zero-order chi connectivity index (χ0) is 25.2. The number of aromatic nitrogens is 3. The third-order valence-electron chi connectivity index (χ3n) is 6.84. The number of methoxy groups -OCH3 is 1. The number of hydrogen-bond donors (Lipinski definition) is 2. The molecule has 0 saturated heterocycles. The predicted octanol–water partition coefficient (Wildman–Crippen LogP) is 6.27. The molecule has 7 heteroatoms. The summed E-state index contributed by atoms with van der Waals surface area (Å²) in [6.07, 6.45) is 7.71. The second-order valence-electron chi connectivity index (χ2n) is 8.97. The molecule has 0 bridgehead atoms. The molecule has 36 heavy (non-hydrogen) atoms. The van der Waals surface area contributed by atoms with E-state index in [1.54, 1.807) is 19.4 Å². The lowest BCUT2D eigenvalue weighted by Gasteiger charge is -2.32. The van der Waals surface area contributed by atoms with E-state index >= 15 is 0 Å². The SMILES string of the molecule is COc1nccc(/C(=C(\c2ccc(/C=C/C(=O)O)cc2)c2ccc3n[nH]c(F)c3c2)C2CCC2)c1C. The van der Waals surface area contributed by atoms with Gasteiger partial charge in [-0.15, -0.1) is 0 Å². The van der Waals surface area contributed by atoms with Crippen molar-refractivity contribution >= 4 is 34.1 Å². The summed E-state index contributed by atoms with van der Waals surface area (Å²) in [5.41, 5.74) is 7.39. The maximum atomic E-state index is 14.5. The van der Waals surface area contributed by atoms with E-state index in [2.05, 4.69) is 15.2 Å². The number of H-pyrrole nitrogens is 1. The van der Waals surface area contributed by atoms with Crippen LogP contribution in [0.3, 0.4) is 0 Å². The minimum absolute atomic E-state index is 0.335. The molecule has 1 aliphatic carbocycles. The Morgan fingerprint density at radius 1 is 1.14 bits per heavy atom. The van der Waals surface area contributed by atoms with E-state index < -0.39 is 11.9 Å². The first kappa shape index (κ1) is 23.5. The highest BCUT2D eigenvalue weighted by molar-refractivity contribution is 6.02. The standard InChI is InChI=1S/C29H26FN3O3/c1-17-22(14-15-31-29(17)36-2)27(19-4-3-5-19)26(20-9-6-18(7-10-20)8-13-25(34)35)21-11-12-24-23(16-21)28(30)33-32-24/h6-16,19H,3-5H2,1-2H3,(H,32,33)(H,34,35)/b13-8+,27-26+. The number of nitrogens with one attached hydrogen (secondary N) is 1. The molecule has 5 rings (SSSR count). The number of carboxylic acid groups (broad SMARTS) is 1. The Bertz CT molecular complexity index is 1500. The minimum Gasteiger partial charge on any atom is -0.481 e. The number of ether oxygens (including phenoxy) is 1. The summed E-state index contributed by atoms with van der Waals surface area (Å²) in [6, 6.07) is 15.4. The van der Waals surface area contributed by atoms with Crippen LogP contribution < -0.4 is 4.74 Å². The zero-order valence-electron chi connectivity index (χ0n) is 20.1. The molecule has 0 aliphatic heterocycles. The molecule has 0 spiro atoms. The summed E-state index contributed by atoms with van der Waals surface area (Å²) >= 11 is 0. The van der Waals surface area contributed by atoms with Gasteiger partial charge in [0.25, 0.3) is 0 Å². The summed E-state index contributed by atoms with van der Waals surface area (Å²) in [6.45, 7) is 2.01. The number of carboxylic acids is 1. The van der Waals surface area contributed by atoms with Gasteiger partial charge in [0.05, 0.1) is 18.0 Å². The van der Waals surface area contributed by atoms with Crippen molar-refractivity contribution in [2.24, 2.45) is 5.92 Å².